The number of hydrogen-bond donors (Lipinski definition) is 1. The van der Waals surface area contributed by atoms with Gasteiger partial charge in [0.05, 0.1) is 5.92 Å². The van der Waals surface area contributed by atoms with Crippen LogP contribution in [0.5, 0.6) is 0 Å². The van der Waals surface area contributed by atoms with Crippen LogP contribution in [0.2, 0.25) is 0 Å². The average Bonchev–Trinajstić information content (AvgIpc) is 2.27. The molecule has 1 atom stereocenters. The maximum Gasteiger partial charge on any atom is 0.258 e. The molecule has 2 amide bonds. The summed E-state index contributed by atoms with van der Waals surface area (Å²) in [5.41, 5.74) is 1.41. The van der Waals surface area contributed by atoms with Crippen molar-refractivity contribution in [1.29, 1.82) is 0 Å². The lowest BCUT2D eigenvalue weighted by molar-refractivity contribution is -0.130. The zero-order valence-corrected chi connectivity index (χ0v) is 8.19. The second-order valence-electron chi connectivity index (χ2n) is 3.79. The SMILES string of the molecule is O=C1C=CC2=C3C1=CC=CC3C(=O)NC2=O. The van der Waals surface area contributed by atoms with E-state index in [1.165, 1.54) is 12.2 Å². The van der Waals surface area contributed by atoms with Crippen molar-refractivity contribution in [2.24, 2.45) is 5.92 Å². The maximum atomic E-state index is 11.6. The van der Waals surface area contributed by atoms with Crippen LogP contribution in [0.3, 0.4) is 0 Å². The van der Waals surface area contributed by atoms with E-state index >= 15 is 0 Å². The smallest absolute Gasteiger partial charge is 0.258 e. The largest absolute Gasteiger partial charge is 0.291 e. The third kappa shape index (κ3) is 1.01. The first-order valence-electron chi connectivity index (χ1n) is 4.89. The summed E-state index contributed by atoms with van der Waals surface area (Å²) in [6.07, 6.45) is 7.84. The molecule has 78 valence electrons. The van der Waals surface area contributed by atoms with Crippen molar-refractivity contribution in [2.75, 3.05) is 0 Å². The van der Waals surface area contributed by atoms with E-state index in [-0.39, 0.29) is 11.7 Å². The Bertz CT molecular complexity index is 561. The molecule has 1 unspecified atom stereocenters. The molecule has 2 aliphatic carbocycles. The third-order valence-corrected chi connectivity index (χ3v) is 2.89. The second kappa shape index (κ2) is 2.88. The summed E-state index contributed by atoms with van der Waals surface area (Å²) in [6.45, 7) is 0. The Hall–Kier alpha value is -2.23. The first-order chi connectivity index (χ1) is 7.68. The molecule has 0 radical (unpaired) electrons. The van der Waals surface area contributed by atoms with Crippen LogP contribution >= 0.6 is 0 Å². The topological polar surface area (TPSA) is 63.2 Å². The normalized spacial score (nSPS) is 26.6. The molecule has 3 aliphatic rings. The Labute approximate surface area is 91.0 Å². The quantitative estimate of drug-likeness (QED) is 0.584. The Balaban J connectivity index is 2.29. The van der Waals surface area contributed by atoms with Gasteiger partial charge in [-0.2, -0.15) is 0 Å². The molecule has 0 aromatic carbocycles. The van der Waals surface area contributed by atoms with Gasteiger partial charge in [0, 0.05) is 11.1 Å². The lowest BCUT2D eigenvalue weighted by atomic mass is 9.77. The second-order valence-corrected chi connectivity index (χ2v) is 3.79. The molecule has 3 rings (SSSR count). The Morgan fingerprint density at radius 2 is 1.94 bits per heavy atom. The van der Waals surface area contributed by atoms with Crippen LogP contribution in [0.25, 0.3) is 0 Å². The van der Waals surface area contributed by atoms with E-state index in [0.717, 1.165) is 0 Å². The summed E-state index contributed by atoms with van der Waals surface area (Å²) in [7, 11) is 0. The van der Waals surface area contributed by atoms with Gasteiger partial charge in [-0.15, -0.1) is 0 Å². The Kier molecular flexibility index (Phi) is 1.63. The van der Waals surface area contributed by atoms with Gasteiger partial charge in [0.15, 0.2) is 5.78 Å². The van der Waals surface area contributed by atoms with Gasteiger partial charge in [-0.05, 0) is 17.7 Å². The minimum atomic E-state index is -0.512. The average molecular weight is 213 g/mol. The fourth-order valence-electron chi connectivity index (χ4n) is 2.16. The van der Waals surface area contributed by atoms with E-state index in [1.807, 2.05) is 0 Å². The lowest BCUT2D eigenvalue weighted by Gasteiger charge is -2.28. The Morgan fingerprint density at radius 3 is 2.75 bits per heavy atom. The summed E-state index contributed by atoms with van der Waals surface area (Å²) in [5, 5.41) is 2.27. The minimum absolute atomic E-state index is 0.157. The number of carbonyl (C=O) groups excluding carboxylic acids is 3. The van der Waals surface area contributed by atoms with Crippen LogP contribution in [-0.2, 0) is 14.4 Å². The van der Waals surface area contributed by atoms with Crippen LogP contribution in [0.4, 0.5) is 0 Å². The molecule has 0 saturated heterocycles. The number of ketones is 1. The maximum absolute atomic E-state index is 11.6. The standard InChI is InChI=1S/C12H7NO3/c14-9-5-4-8-10-6(9)2-1-3-7(10)11(15)13-12(8)16/h1-5,7H,(H,13,15,16). The van der Waals surface area contributed by atoms with Gasteiger partial charge in [-0.25, -0.2) is 0 Å². The fourth-order valence-corrected chi connectivity index (χ4v) is 2.16. The zero-order valence-electron chi connectivity index (χ0n) is 8.19. The third-order valence-electron chi connectivity index (χ3n) is 2.89. The number of hydrogen-bond acceptors (Lipinski definition) is 3. The number of amides is 2. The van der Waals surface area contributed by atoms with E-state index in [4.69, 9.17) is 0 Å². The molecule has 0 spiro atoms. The highest BCUT2D eigenvalue weighted by Crippen LogP contribution is 2.35. The molecule has 4 heteroatoms. The molecule has 0 aromatic rings. The van der Waals surface area contributed by atoms with Gasteiger partial charge in [0.1, 0.15) is 0 Å². The highest BCUT2D eigenvalue weighted by atomic mass is 16.2. The van der Waals surface area contributed by atoms with Crippen molar-refractivity contribution in [3.63, 3.8) is 0 Å². The molecule has 1 aliphatic heterocycles. The summed E-state index contributed by atoms with van der Waals surface area (Å²) >= 11 is 0. The predicted octanol–water partition coefficient (Wildman–Crippen LogP) is 0.191. The van der Waals surface area contributed by atoms with E-state index in [9.17, 15) is 14.4 Å². The van der Waals surface area contributed by atoms with E-state index in [2.05, 4.69) is 5.32 Å². The fraction of sp³-hybridized carbons (Fsp3) is 0.0833. The number of allylic oxidation sites excluding steroid dienone is 4. The molecule has 1 heterocycles. The molecule has 0 bridgehead atoms. The summed E-state index contributed by atoms with van der Waals surface area (Å²) < 4.78 is 0. The molecule has 0 fully saturated rings. The van der Waals surface area contributed by atoms with Gasteiger partial charge in [0.25, 0.3) is 5.91 Å². The first-order valence-corrected chi connectivity index (χ1v) is 4.89. The van der Waals surface area contributed by atoms with E-state index in [1.54, 1.807) is 18.2 Å². The minimum Gasteiger partial charge on any atom is -0.291 e. The van der Waals surface area contributed by atoms with Crippen LogP contribution in [-0.4, -0.2) is 17.6 Å². The van der Waals surface area contributed by atoms with Crippen LogP contribution in [0.1, 0.15) is 0 Å². The summed E-state index contributed by atoms with van der Waals surface area (Å²) in [6, 6.07) is 0. The monoisotopic (exact) mass is 213 g/mol. The molecule has 1 N–H and O–H groups in total. The predicted molar refractivity (Wildman–Crippen MR) is 55.0 cm³/mol. The van der Waals surface area contributed by atoms with Gasteiger partial charge in [-0.3, -0.25) is 19.7 Å². The lowest BCUT2D eigenvalue weighted by Crippen LogP contribution is -2.44. The number of nitrogens with one attached hydrogen (secondary N) is 1. The number of rotatable bonds is 0. The van der Waals surface area contributed by atoms with Crippen molar-refractivity contribution < 1.29 is 14.4 Å². The highest BCUT2D eigenvalue weighted by molar-refractivity contribution is 6.20. The highest BCUT2D eigenvalue weighted by Gasteiger charge is 2.38. The first kappa shape index (κ1) is 9.03. The summed E-state index contributed by atoms with van der Waals surface area (Å²) in [4.78, 5) is 34.8. The van der Waals surface area contributed by atoms with Crippen LogP contribution < -0.4 is 5.32 Å². The van der Waals surface area contributed by atoms with Crippen molar-refractivity contribution >= 4 is 17.6 Å². The molecule has 0 aromatic heterocycles. The van der Waals surface area contributed by atoms with Crippen molar-refractivity contribution in [3.05, 3.63) is 47.1 Å². The van der Waals surface area contributed by atoms with E-state index < -0.39 is 11.8 Å². The molecule has 4 nitrogen and oxygen atoms in total. The van der Waals surface area contributed by atoms with Gasteiger partial charge in [-0.1, -0.05) is 18.2 Å². The molecular weight excluding hydrogens is 206 g/mol. The summed E-state index contributed by atoms with van der Waals surface area (Å²) in [5.74, 6) is -1.47. The van der Waals surface area contributed by atoms with Crippen LogP contribution in [0.15, 0.2) is 47.1 Å². The van der Waals surface area contributed by atoms with E-state index in [0.29, 0.717) is 16.7 Å². The number of imide groups is 1. The molecule has 0 saturated carbocycles. The molecular formula is C12H7NO3. The van der Waals surface area contributed by atoms with Crippen molar-refractivity contribution in [2.45, 2.75) is 0 Å². The Morgan fingerprint density at radius 1 is 1.12 bits per heavy atom. The van der Waals surface area contributed by atoms with Crippen LogP contribution in [0, 0.1) is 5.92 Å². The zero-order chi connectivity index (χ0) is 11.3. The molecule has 16 heavy (non-hydrogen) atoms. The number of carbonyl (C=O) groups is 3. The van der Waals surface area contributed by atoms with Crippen molar-refractivity contribution in [1.82, 2.24) is 5.32 Å². The van der Waals surface area contributed by atoms with Gasteiger partial charge >= 0.3 is 0 Å². The van der Waals surface area contributed by atoms with Gasteiger partial charge in [0.2, 0.25) is 5.91 Å². The van der Waals surface area contributed by atoms with Gasteiger partial charge < -0.3 is 0 Å². The van der Waals surface area contributed by atoms with Crippen molar-refractivity contribution in [3.8, 4) is 0 Å².